The van der Waals surface area contributed by atoms with Crippen molar-refractivity contribution >= 4 is 21.5 Å². The largest absolute Gasteiger partial charge is 0.304 e. The second kappa shape index (κ2) is 13.3. The minimum atomic E-state index is 0. The van der Waals surface area contributed by atoms with Crippen molar-refractivity contribution in [2.75, 3.05) is 0 Å². The molecular formula is C40H32IrN2-2. The van der Waals surface area contributed by atoms with Gasteiger partial charge < -0.3 is 9.97 Å². The summed E-state index contributed by atoms with van der Waals surface area (Å²) in [5.41, 5.74) is 11.2. The van der Waals surface area contributed by atoms with Gasteiger partial charge in [0.1, 0.15) is 0 Å². The van der Waals surface area contributed by atoms with E-state index in [1.807, 2.05) is 43.5 Å². The molecule has 0 fully saturated rings. The first-order valence-corrected chi connectivity index (χ1v) is 14.2. The fraction of sp³-hybridized carbons (Fsp3) is 0.100. The van der Waals surface area contributed by atoms with Gasteiger partial charge in [-0.1, -0.05) is 79.2 Å². The molecule has 0 bridgehead atoms. The molecule has 0 unspecified atom stereocenters. The minimum absolute atomic E-state index is 0. The Morgan fingerprint density at radius 2 is 1.35 bits per heavy atom. The van der Waals surface area contributed by atoms with Crippen molar-refractivity contribution in [3.8, 4) is 33.6 Å². The van der Waals surface area contributed by atoms with Crippen LogP contribution in [-0.4, -0.2) is 9.97 Å². The van der Waals surface area contributed by atoms with Gasteiger partial charge in [0.25, 0.3) is 0 Å². The molecule has 2 aromatic heterocycles. The molecule has 2 nitrogen and oxygen atoms in total. The molecule has 3 heteroatoms. The van der Waals surface area contributed by atoms with E-state index in [0.717, 1.165) is 28.2 Å². The van der Waals surface area contributed by atoms with Gasteiger partial charge in [-0.3, -0.25) is 0 Å². The molecule has 5 aromatic carbocycles. The van der Waals surface area contributed by atoms with Crippen molar-refractivity contribution in [1.82, 2.24) is 9.97 Å². The Kier molecular flexibility index (Phi) is 9.26. The summed E-state index contributed by atoms with van der Waals surface area (Å²) in [6.07, 6.45) is 1.92. The SMILES string of the molecule is Cc1c[c-]c(-c2cc(C)c(C)cn2)cc1.Cc1cccc(-c2[c-]ccc(-c3cc4ccccc4c4ccccc34)c2)n1.[Ir]. The number of hydrogen-bond donors (Lipinski definition) is 0. The molecule has 0 amide bonds. The van der Waals surface area contributed by atoms with Gasteiger partial charge in [-0.25, -0.2) is 0 Å². The Balaban J connectivity index is 0.000000197. The minimum Gasteiger partial charge on any atom is -0.304 e. The molecule has 0 aliphatic rings. The third-order valence-electron chi connectivity index (χ3n) is 7.66. The Labute approximate surface area is 267 Å². The maximum absolute atomic E-state index is 4.66. The summed E-state index contributed by atoms with van der Waals surface area (Å²) >= 11 is 0. The van der Waals surface area contributed by atoms with Gasteiger partial charge in [0, 0.05) is 32.0 Å². The molecule has 0 N–H and O–H groups in total. The molecule has 1 radical (unpaired) electrons. The Bertz CT molecular complexity index is 2030. The molecule has 213 valence electrons. The standard InChI is InChI=1S/C26H18N.C14H14N.Ir/c1-18-8-6-15-26(27-18)21-11-7-10-19(16-21)25-17-20-9-2-3-12-22(20)23-13-4-5-14-24(23)25;1-10-4-6-13(7-5-10)14-8-11(2)12(3)9-15-14;/h2-10,12-17H,1H3;4-6,8-9H,1-3H3;/q2*-1;. The predicted molar refractivity (Wildman–Crippen MR) is 176 cm³/mol. The van der Waals surface area contributed by atoms with Crippen molar-refractivity contribution in [3.05, 3.63) is 156 Å². The van der Waals surface area contributed by atoms with Crippen LogP contribution < -0.4 is 0 Å². The van der Waals surface area contributed by atoms with E-state index in [1.165, 1.54) is 49.4 Å². The van der Waals surface area contributed by atoms with Gasteiger partial charge in [0.2, 0.25) is 0 Å². The Morgan fingerprint density at radius 1 is 0.581 bits per heavy atom. The van der Waals surface area contributed by atoms with E-state index >= 15 is 0 Å². The number of benzene rings is 5. The molecule has 0 saturated carbocycles. The van der Waals surface area contributed by atoms with Crippen LogP contribution in [0.5, 0.6) is 0 Å². The first-order valence-electron chi connectivity index (χ1n) is 14.2. The second-order valence-electron chi connectivity index (χ2n) is 10.8. The van der Waals surface area contributed by atoms with Gasteiger partial charge in [0.15, 0.2) is 0 Å². The third-order valence-corrected chi connectivity index (χ3v) is 7.66. The quantitative estimate of drug-likeness (QED) is 0.134. The van der Waals surface area contributed by atoms with E-state index in [0.29, 0.717) is 0 Å². The molecule has 0 saturated heterocycles. The van der Waals surface area contributed by atoms with Crippen LogP contribution in [0.15, 0.2) is 121 Å². The number of aromatic nitrogens is 2. The van der Waals surface area contributed by atoms with E-state index in [9.17, 15) is 0 Å². The number of rotatable bonds is 3. The molecule has 0 aliphatic heterocycles. The second-order valence-corrected chi connectivity index (χ2v) is 10.8. The molecule has 0 atom stereocenters. The first kappa shape index (κ1) is 30.0. The number of fused-ring (bicyclic) bond motifs is 3. The van der Waals surface area contributed by atoms with Crippen LogP contribution >= 0.6 is 0 Å². The number of pyridine rings is 2. The smallest absolute Gasteiger partial charge is 0.0266 e. The molecular weight excluding hydrogens is 701 g/mol. The first-order chi connectivity index (χ1) is 20.5. The average Bonchev–Trinajstić information content (AvgIpc) is 3.03. The zero-order valence-corrected chi connectivity index (χ0v) is 27.2. The van der Waals surface area contributed by atoms with Crippen LogP contribution in [0.25, 0.3) is 55.2 Å². The van der Waals surface area contributed by atoms with Gasteiger partial charge in [-0.05, 0) is 77.0 Å². The summed E-state index contributed by atoms with van der Waals surface area (Å²) in [6.45, 7) is 8.26. The molecule has 43 heavy (non-hydrogen) atoms. The van der Waals surface area contributed by atoms with Crippen LogP contribution in [0.2, 0.25) is 0 Å². The van der Waals surface area contributed by atoms with E-state index in [-0.39, 0.29) is 20.1 Å². The summed E-state index contributed by atoms with van der Waals surface area (Å²) in [4.78, 5) is 9.07. The van der Waals surface area contributed by atoms with Crippen molar-refractivity contribution < 1.29 is 20.1 Å². The van der Waals surface area contributed by atoms with E-state index in [2.05, 4.69) is 128 Å². The van der Waals surface area contributed by atoms with Gasteiger partial charge >= 0.3 is 0 Å². The number of aryl methyl sites for hydroxylation is 4. The normalized spacial score (nSPS) is 10.6. The fourth-order valence-corrected chi connectivity index (χ4v) is 5.20. The van der Waals surface area contributed by atoms with Crippen molar-refractivity contribution in [1.29, 1.82) is 0 Å². The van der Waals surface area contributed by atoms with Crippen molar-refractivity contribution in [2.45, 2.75) is 27.7 Å². The fourth-order valence-electron chi connectivity index (χ4n) is 5.20. The van der Waals surface area contributed by atoms with E-state index in [4.69, 9.17) is 0 Å². The molecule has 7 rings (SSSR count). The Hall–Kier alpha value is -4.43. The zero-order valence-electron chi connectivity index (χ0n) is 24.8. The molecule has 7 aromatic rings. The maximum Gasteiger partial charge on any atom is 0.0266 e. The number of nitrogens with zero attached hydrogens (tertiary/aromatic N) is 2. The maximum atomic E-state index is 4.66. The summed E-state index contributed by atoms with van der Waals surface area (Å²) < 4.78 is 0. The van der Waals surface area contributed by atoms with Gasteiger partial charge in [0.05, 0.1) is 0 Å². The molecule has 0 spiro atoms. The zero-order chi connectivity index (χ0) is 29.1. The predicted octanol–water partition coefficient (Wildman–Crippen LogP) is 10.3. The van der Waals surface area contributed by atoms with Gasteiger partial charge in [-0.15, -0.1) is 70.8 Å². The third kappa shape index (κ3) is 6.65. The van der Waals surface area contributed by atoms with Crippen molar-refractivity contribution in [2.24, 2.45) is 0 Å². The summed E-state index contributed by atoms with van der Waals surface area (Å²) in [7, 11) is 0. The summed E-state index contributed by atoms with van der Waals surface area (Å²) in [5, 5.41) is 5.10. The molecule has 0 aliphatic carbocycles. The topological polar surface area (TPSA) is 25.8 Å². The Morgan fingerprint density at radius 3 is 2.09 bits per heavy atom. The van der Waals surface area contributed by atoms with E-state index in [1.54, 1.807) is 0 Å². The van der Waals surface area contributed by atoms with Crippen LogP contribution in [0.1, 0.15) is 22.4 Å². The van der Waals surface area contributed by atoms with Crippen LogP contribution in [0, 0.1) is 39.8 Å². The van der Waals surface area contributed by atoms with Crippen LogP contribution in [0.4, 0.5) is 0 Å². The molecule has 2 heterocycles. The summed E-state index contributed by atoms with van der Waals surface area (Å²) in [5.74, 6) is 0. The van der Waals surface area contributed by atoms with Crippen LogP contribution in [-0.2, 0) is 20.1 Å². The van der Waals surface area contributed by atoms with Crippen LogP contribution in [0.3, 0.4) is 0 Å². The van der Waals surface area contributed by atoms with Crippen molar-refractivity contribution in [3.63, 3.8) is 0 Å². The summed E-state index contributed by atoms with van der Waals surface area (Å²) in [6, 6.07) is 46.8. The number of hydrogen-bond acceptors (Lipinski definition) is 2. The van der Waals surface area contributed by atoms with E-state index < -0.39 is 0 Å². The monoisotopic (exact) mass is 733 g/mol. The average molecular weight is 733 g/mol. The van der Waals surface area contributed by atoms with Gasteiger partial charge in [-0.2, -0.15) is 0 Å².